The number of fused-ring (bicyclic) bond motifs is 1. The Morgan fingerprint density at radius 1 is 1.09 bits per heavy atom. The van der Waals surface area contributed by atoms with Crippen molar-refractivity contribution in [3.05, 3.63) is 30.1 Å². The third kappa shape index (κ3) is 2.56. The largest absolute Gasteiger partial charge is 0.372 e. The molecule has 0 amide bonds. The normalized spacial score (nSPS) is 19.0. The number of hydrogen-bond donors (Lipinski definition) is 0. The first-order chi connectivity index (χ1) is 11.2. The molecule has 3 heterocycles. The summed E-state index contributed by atoms with van der Waals surface area (Å²) in [6.45, 7) is 2.94. The van der Waals surface area contributed by atoms with Gasteiger partial charge in [0.1, 0.15) is 6.61 Å². The molecule has 2 aromatic rings. The molecule has 0 aliphatic carbocycles. The van der Waals surface area contributed by atoms with Crippen LogP contribution in [0.3, 0.4) is 0 Å². The summed E-state index contributed by atoms with van der Waals surface area (Å²) in [5, 5.41) is 8.34. The average Bonchev–Trinajstić information content (AvgIpc) is 3.25. The lowest BCUT2D eigenvalue weighted by molar-refractivity contribution is 0.0821. The third-order valence-electron chi connectivity index (χ3n) is 4.31. The van der Waals surface area contributed by atoms with Gasteiger partial charge in [0.15, 0.2) is 11.6 Å². The Kier molecular flexibility index (Phi) is 3.67. The van der Waals surface area contributed by atoms with Crippen LogP contribution in [0.15, 0.2) is 29.2 Å². The summed E-state index contributed by atoms with van der Waals surface area (Å²) in [6.07, 6.45) is 1.85. The van der Waals surface area contributed by atoms with Crippen molar-refractivity contribution < 1.29 is 13.2 Å². The Balaban J connectivity index is 1.73. The Morgan fingerprint density at radius 3 is 2.74 bits per heavy atom. The van der Waals surface area contributed by atoms with Crippen molar-refractivity contribution in [3.63, 3.8) is 0 Å². The maximum atomic E-state index is 12.7. The minimum absolute atomic E-state index is 0.321. The Hall–Kier alpha value is -1.77. The van der Waals surface area contributed by atoms with Crippen LogP contribution in [0.1, 0.15) is 18.7 Å². The van der Waals surface area contributed by atoms with Crippen molar-refractivity contribution in [2.75, 3.05) is 19.7 Å². The lowest BCUT2D eigenvalue weighted by atomic mass is 10.2. The monoisotopic (exact) mass is 334 g/mol. The first-order valence-corrected chi connectivity index (χ1v) is 9.21. The molecule has 0 N–H and O–H groups in total. The van der Waals surface area contributed by atoms with Crippen molar-refractivity contribution in [1.82, 2.24) is 19.1 Å². The van der Waals surface area contributed by atoms with Gasteiger partial charge in [-0.2, -0.15) is 4.31 Å². The van der Waals surface area contributed by atoms with E-state index in [4.69, 9.17) is 4.74 Å². The summed E-state index contributed by atoms with van der Waals surface area (Å²) in [6, 6.07) is 6.98. The third-order valence-corrected chi connectivity index (χ3v) is 6.21. The molecule has 0 unspecified atom stereocenters. The van der Waals surface area contributed by atoms with Gasteiger partial charge in [-0.15, -0.1) is 10.2 Å². The summed E-state index contributed by atoms with van der Waals surface area (Å²) in [4.78, 5) is 0.321. The van der Waals surface area contributed by atoms with Crippen LogP contribution in [0.25, 0.3) is 11.4 Å². The van der Waals surface area contributed by atoms with Crippen molar-refractivity contribution in [3.8, 4) is 11.4 Å². The highest BCUT2D eigenvalue weighted by atomic mass is 32.2. The number of aromatic nitrogens is 3. The molecule has 0 saturated carbocycles. The fourth-order valence-corrected chi connectivity index (χ4v) is 4.65. The topological polar surface area (TPSA) is 77.3 Å². The molecule has 2 aliphatic rings. The average molecular weight is 334 g/mol. The van der Waals surface area contributed by atoms with Gasteiger partial charge < -0.3 is 9.30 Å². The molecule has 2 aliphatic heterocycles. The highest BCUT2D eigenvalue weighted by Gasteiger charge is 2.28. The fourth-order valence-electron chi connectivity index (χ4n) is 3.08. The predicted molar refractivity (Wildman–Crippen MR) is 83.1 cm³/mol. The molecule has 0 atom stereocenters. The van der Waals surface area contributed by atoms with E-state index in [1.54, 1.807) is 22.5 Å². The van der Waals surface area contributed by atoms with E-state index in [2.05, 4.69) is 10.2 Å². The van der Waals surface area contributed by atoms with Gasteiger partial charge in [-0.05, 0) is 25.0 Å². The highest BCUT2D eigenvalue weighted by Crippen LogP contribution is 2.26. The molecule has 122 valence electrons. The lowest BCUT2D eigenvalue weighted by Gasteiger charge is -2.17. The molecule has 1 aromatic heterocycles. The minimum Gasteiger partial charge on any atom is -0.372 e. The molecule has 0 bridgehead atoms. The zero-order chi connectivity index (χ0) is 15.9. The second-order valence-electron chi connectivity index (χ2n) is 5.78. The predicted octanol–water partition coefficient (Wildman–Crippen LogP) is 1.26. The molecule has 8 heteroatoms. The number of rotatable bonds is 3. The fraction of sp³-hybridized carbons (Fsp3) is 0.467. The van der Waals surface area contributed by atoms with Crippen LogP contribution < -0.4 is 0 Å². The number of ether oxygens (including phenoxy) is 1. The number of sulfonamides is 1. The summed E-state index contributed by atoms with van der Waals surface area (Å²) < 4.78 is 34.3. The van der Waals surface area contributed by atoms with E-state index in [1.807, 2.05) is 10.6 Å². The van der Waals surface area contributed by atoms with Crippen LogP contribution in [0.2, 0.25) is 0 Å². The van der Waals surface area contributed by atoms with Crippen molar-refractivity contribution in [2.24, 2.45) is 0 Å². The summed E-state index contributed by atoms with van der Waals surface area (Å²) in [5.74, 6) is 1.47. The van der Waals surface area contributed by atoms with Gasteiger partial charge in [0, 0.05) is 25.2 Å². The summed E-state index contributed by atoms with van der Waals surface area (Å²) >= 11 is 0. The maximum Gasteiger partial charge on any atom is 0.243 e. The molecule has 0 radical (unpaired) electrons. The zero-order valence-corrected chi connectivity index (χ0v) is 13.5. The van der Waals surface area contributed by atoms with E-state index in [1.165, 1.54) is 0 Å². The van der Waals surface area contributed by atoms with Crippen molar-refractivity contribution in [2.45, 2.75) is 30.9 Å². The molecule has 7 nitrogen and oxygen atoms in total. The molecule has 1 saturated heterocycles. The van der Waals surface area contributed by atoms with Crippen LogP contribution in [0.5, 0.6) is 0 Å². The number of benzene rings is 1. The molecular weight excluding hydrogens is 316 g/mol. The summed E-state index contributed by atoms with van der Waals surface area (Å²) in [5.41, 5.74) is 0.769. The van der Waals surface area contributed by atoms with E-state index in [9.17, 15) is 8.42 Å². The van der Waals surface area contributed by atoms with Gasteiger partial charge in [-0.1, -0.05) is 12.1 Å². The molecule has 0 spiro atoms. The van der Waals surface area contributed by atoms with Crippen LogP contribution in [0, 0.1) is 0 Å². The second kappa shape index (κ2) is 5.70. The molecule has 1 aromatic carbocycles. The van der Waals surface area contributed by atoms with E-state index in [-0.39, 0.29) is 0 Å². The molecule has 23 heavy (non-hydrogen) atoms. The molecule has 1 fully saturated rings. The summed E-state index contributed by atoms with van der Waals surface area (Å²) in [7, 11) is -3.42. The number of nitrogens with zero attached hydrogens (tertiary/aromatic N) is 4. The van der Waals surface area contributed by atoms with Crippen LogP contribution in [-0.2, 0) is 27.9 Å². The van der Waals surface area contributed by atoms with E-state index >= 15 is 0 Å². The SMILES string of the molecule is O=S(=O)(c1cccc(-c2nnc3n2CCOC3)c1)N1CCCC1. The van der Waals surface area contributed by atoms with E-state index in [0.717, 1.165) is 24.2 Å². The van der Waals surface area contributed by atoms with E-state index < -0.39 is 10.0 Å². The van der Waals surface area contributed by atoms with Gasteiger partial charge in [0.05, 0.1) is 11.5 Å². The highest BCUT2D eigenvalue weighted by molar-refractivity contribution is 7.89. The van der Waals surface area contributed by atoms with Crippen LogP contribution in [-0.4, -0.2) is 47.2 Å². The van der Waals surface area contributed by atoms with Gasteiger partial charge in [-0.3, -0.25) is 0 Å². The van der Waals surface area contributed by atoms with Crippen molar-refractivity contribution in [1.29, 1.82) is 0 Å². The quantitative estimate of drug-likeness (QED) is 0.844. The maximum absolute atomic E-state index is 12.7. The van der Waals surface area contributed by atoms with Crippen LogP contribution >= 0.6 is 0 Å². The van der Waals surface area contributed by atoms with Crippen molar-refractivity contribution >= 4 is 10.0 Å². The Morgan fingerprint density at radius 2 is 1.91 bits per heavy atom. The second-order valence-corrected chi connectivity index (χ2v) is 7.72. The molecule has 4 rings (SSSR count). The number of hydrogen-bond acceptors (Lipinski definition) is 5. The first kappa shape index (κ1) is 14.8. The Labute approximate surface area is 134 Å². The van der Waals surface area contributed by atoms with Gasteiger partial charge in [0.25, 0.3) is 0 Å². The van der Waals surface area contributed by atoms with Gasteiger partial charge in [0.2, 0.25) is 10.0 Å². The van der Waals surface area contributed by atoms with Gasteiger partial charge in [-0.25, -0.2) is 8.42 Å². The van der Waals surface area contributed by atoms with E-state index in [0.29, 0.717) is 43.6 Å². The minimum atomic E-state index is -3.42. The molecular formula is C15H18N4O3S. The smallest absolute Gasteiger partial charge is 0.243 e. The Bertz CT molecular complexity index is 825. The van der Waals surface area contributed by atoms with Crippen LogP contribution in [0.4, 0.5) is 0 Å². The lowest BCUT2D eigenvalue weighted by Crippen LogP contribution is -2.27. The zero-order valence-electron chi connectivity index (χ0n) is 12.7. The standard InChI is InChI=1S/C15H18N4O3S/c20-23(21,18-6-1-2-7-18)13-5-3-4-12(10-13)15-17-16-14-11-22-9-8-19(14)15/h3-5,10H,1-2,6-9,11H2. The first-order valence-electron chi connectivity index (χ1n) is 7.77. The van der Waals surface area contributed by atoms with Gasteiger partial charge >= 0.3 is 0 Å².